The van der Waals surface area contributed by atoms with E-state index in [0.29, 0.717) is 0 Å². The number of hydrogen-bond donors (Lipinski definition) is 0. The van der Waals surface area contributed by atoms with Gasteiger partial charge in [0.2, 0.25) is 0 Å². The molecule has 0 unspecified atom stereocenters. The van der Waals surface area contributed by atoms with Gasteiger partial charge in [-0.15, -0.1) is 11.3 Å². The first-order valence-electron chi connectivity index (χ1n) is 4.89. The van der Waals surface area contributed by atoms with E-state index in [1.165, 1.54) is 16.1 Å². The van der Waals surface area contributed by atoms with Crippen LogP contribution in [0.2, 0.25) is 0 Å². The van der Waals surface area contributed by atoms with E-state index in [0.717, 1.165) is 12.8 Å². The number of rotatable bonds is 3. The Balaban J connectivity index is 2.22. The molecule has 0 saturated heterocycles. The Kier molecular flexibility index (Phi) is 2.94. The molecular formula is C12H13NS. The van der Waals surface area contributed by atoms with Crippen LogP contribution < -0.4 is 0 Å². The topological polar surface area (TPSA) is 12.9 Å². The highest BCUT2D eigenvalue weighted by molar-refractivity contribution is 7.13. The molecule has 2 heteroatoms. The summed E-state index contributed by atoms with van der Waals surface area (Å²) in [4.78, 5) is 5.72. The predicted octanol–water partition coefficient (Wildman–Crippen LogP) is 3.76. The highest BCUT2D eigenvalue weighted by atomic mass is 32.1. The van der Waals surface area contributed by atoms with Gasteiger partial charge in [0, 0.05) is 22.3 Å². The molecule has 0 N–H and O–H groups in total. The quantitative estimate of drug-likeness (QED) is 0.740. The van der Waals surface area contributed by atoms with E-state index in [1.54, 1.807) is 11.3 Å². The molecule has 2 aromatic rings. The van der Waals surface area contributed by atoms with Gasteiger partial charge in [0.05, 0.1) is 0 Å². The van der Waals surface area contributed by atoms with Gasteiger partial charge in [-0.25, -0.2) is 0 Å². The van der Waals surface area contributed by atoms with Crippen LogP contribution in [0.4, 0.5) is 0 Å². The SMILES string of the molecule is CCCc1ccc(-c2cccs2)cn1. The number of pyridine rings is 1. The average Bonchev–Trinajstić information content (AvgIpc) is 2.72. The van der Waals surface area contributed by atoms with Gasteiger partial charge < -0.3 is 0 Å². The molecule has 0 saturated carbocycles. The van der Waals surface area contributed by atoms with Crippen LogP contribution in [-0.4, -0.2) is 4.98 Å². The van der Waals surface area contributed by atoms with Gasteiger partial charge >= 0.3 is 0 Å². The Morgan fingerprint density at radius 1 is 1.29 bits per heavy atom. The first-order chi connectivity index (χ1) is 6.90. The minimum Gasteiger partial charge on any atom is -0.261 e. The van der Waals surface area contributed by atoms with Gasteiger partial charge in [-0.3, -0.25) is 4.98 Å². The van der Waals surface area contributed by atoms with Crippen LogP contribution >= 0.6 is 11.3 Å². The summed E-state index contributed by atoms with van der Waals surface area (Å²) in [7, 11) is 0. The molecule has 2 rings (SSSR count). The predicted molar refractivity (Wildman–Crippen MR) is 61.5 cm³/mol. The van der Waals surface area contributed by atoms with Crippen molar-refractivity contribution in [1.82, 2.24) is 4.98 Å². The van der Waals surface area contributed by atoms with E-state index >= 15 is 0 Å². The molecule has 2 aromatic heterocycles. The molecule has 1 nitrogen and oxygen atoms in total. The summed E-state index contributed by atoms with van der Waals surface area (Å²) >= 11 is 1.76. The van der Waals surface area contributed by atoms with Gasteiger partial charge in [-0.1, -0.05) is 25.5 Å². The van der Waals surface area contributed by atoms with Crippen LogP contribution in [0.25, 0.3) is 10.4 Å². The van der Waals surface area contributed by atoms with Gasteiger partial charge in [0.15, 0.2) is 0 Å². The first kappa shape index (κ1) is 9.41. The second kappa shape index (κ2) is 4.38. The number of aryl methyl sites for hydroxylation is 1. The molecule has 0 amide bonds. The maximum atomic E-state index is 4.43. The maximum Gasteiger partial charge on any atom is 0.0403 e. The van der Waals surface area contributed by atoms with Gasteiger partial charge in [0.25, 0.3) is 0 Å². The van der Waals surface area contributed by atoms with Gasteiger partial charge in [-0.05, 0) is 23.9 Å². The van der Waals surface area contributed by atoms with Crippen molar-refractivity contribution in [2.24, 2.45) is 0 Å². The average molecular weight is 203 g/mol. The molecule has 0 fully saturated rings. The third-order valence-corrected chi connectivity index (χ3v) is 3.06. The van der Waals surface area contributed by atoms with Crippen molar-refractivity contribution in [2.45, 2.75) is 19.8 Å². The lowest BCUT2D eigenvalue weighted by molar-refractivity contribution is 0.883. The van der Waals surface area contributed by atoms with E-state index in [-0.39, 0.29) is 0 Å². The molecule has 72 valence electrons. The Labute approximate surface area is 88.4 Å². The molecular weight excluding hydrogens is 190 g/mol. The molecule has 0 bridgehead atoms. The Morgan fingerprint density at radius 2 is 2.21 bits per heavy atom. The summed E-state index contributed by atoms with van der Waals surface area (Å²) in [6.07, 6.45) is 4.20. The molecule has 0 aliphatic heterocycles. The van der Waals surface area contributed by atoms with E-state index in [2.05, 4.69) is 41.6 Å². The van der Waals surface area contributed by atoms with E-state index in [9.17, 15) is 0 Å². The summed E-state index contributed by atoms with van der Waals surface area (Å²) < 4.78 is 0. The van der Waals surface area contributed by atoms with Gasteiger partial charge in [0.1, 0.15) is 0 Å². The lowest BCUT2D eigenvalue weighted by Crippen LogP contribution is -1.87. The zero-order valence-corrected chi connectivity index (χ0v) is 9.05. The van der Waals surface area contributed by atoms with Crippen LogP contribution in [0.1, 0.15) is 19.0 Å². The van der Waals surface area contributed by atoms with Crippen molar-refractivity contribution in [3.05, 3.63) is 41.5 Å². The Morgan fingerprint density at radius 3 is 2.79 bits per heavy atom. The third kappa shape index (κ3) is 2.02. The molecule has 14 heavy (non-hydrogen) atoms. The maximum absolute atomic E-state index is 4.43. The van der Waals surface area contributed by atoms with E-state index < -0.39 is 0 Å². The molecule has 0 radical (unpaired) electrons. The zero-order chi connectivity index (χ0) is 9.80. The number of nitrogens with zero attached hydrogens (tertiary/aromatic N) is 1. The van der Waals surface area contributed by atoms with Crippen molar-refractivity contribution in [3.63, 3.8) is 0 Å². The fourth-order valence-corrected chi connectivity index (χ4v) is 2.13. The molecule has 0 atom stereocenters. The molecule has 2 heterocycles. The van der Waals surface area contributed by atoms with Crippen molar-refractivity contribution in [1.29, 1.82) is 0 Å². The fraction of sp³-hybridized carbons (Fsp3) is 0.250. The normalized spacial score (nSPS) is 10.4. The highest BCUT2D eigenvalue weighted by Gasteiger charge is 1.98. The summed E-state index contributed by atoms with van der Waals surface area (Å²) in [5.41, 5.74) is 2.41. The largest absolute Gasteiger partial charge is 0.261 e. The highest BCUT2D eigenvalue weighted by Crippen LogP contribution is 2.23. The fourth-order valence-electron chi connectivity index (χ4n) is 1.42. The zero-order valence-electron chi connectivity index (χ0n) is 8.23. The summed E-state index contributed by atoms with van der Waals surface area (Å²) in [6, 6.07) is 8.48. The van der Waals surface area contributed by atoms with Crippen molar-refractivity contribution in [2.75, 3.05) is 0 Å². The lowest BCUT2D eigenvalue weighted by atomic mass is 10.2. The summed E-state index contributed by atoms with van der Waals surface area (Å²) in [5.74, 6) is 0. The van der Waals surface area contributed by atoms with Crippen molar-refractivity contribution in [3.8, 4) is 10.4 Å². The lowest BCUT2D eigenvalue weighted by Gasteiger charge is -1.99. The van der Waals surface area contributed by atoms with Crippen LogP contribution in [0.15, 0.2) is 35.8 Å². The second-order valence-electron chi connectivity index (χ2n) is 3.27. The Bertz CT molecular complexity index is 375. The van der Waals surface area contributed by atoms with Crippen molar-refractivity contribution >= 4 is 11.3 Å². The smallest absolute Gasteiger partial charge is 0.0403 e. The molecule has 0 aromatic carbocycles. The number of hydrogen-bond acceptors (Lipinski definition) is 2. The second-order valence-corrected chi connectivity index (χ2v) is 4.21. The van der Waals surface area contributed by atoms with Gasteiger partial charge in [-0.2, -0.15) is 0 Å². The summed E-state index contributed by atoms with van der Waals surface area (Å²) in [6.45, 7) is 2.18. The van der Waals surface area contributed by atoms with Crippen molar-refractivity contribution < 1.29 is 0 Å². The van der Waals surface area contributed by atoms with Crippen LogP contribution in [-0.2, 0) is 6.42 Å². The Hall–Kier alpha value is -1.15. The van der Waals surface area contributed by atoms with Crippen LogP contribution in [0, 0.1) is 0 Å². The van der Waals surface area contributed by atoms with E-state index in [1.807, 2.05) is 6.20 Å². The minimum atomic E-state index is 1.07. The molecule has 0 aliphatic rings. The minimum absolute atomic E-state index is 1.07. The summed E-state index contributed by atoms with van der Waals surface area (Å²) in [5, 5.41) is 2.09. The number of aromatic nitrogens is 1. The monoisotopic (exact) mass is 203 g/mol. The van der Waals surface area contributed by atoms with E-state index in [4.69, 9.17) is 0 Å². The molecule has 0 spiro atoms. The van der Waals surface area contributed by atoms with Crippen LogP contribution in [0.3, 0.4) is 0 Å². The standard InChI is InChI=1S/C12H13NS/c1-2-4-11-7-6-10(9-13-11)12-5-3-8-14-12/h3,5-9H,2,4H2,1H3. The third-order valence-electron chi connectivity index (χ3n) is 2.14. The number of thiophene rings is 1. The first-order valence-corrected chi connectivity index (χ1v) is 5.77. The van der Waals surface area contributed by atoms with Crippen LogP contribution in [0.5, 0.6) is 0 Å². The molecule has 0 aliphatic carbocycles.